The second-order valence-corrected chi connectivity index (χ2v) is 9.60. The van der Waals surface area contributed by atoms with E-state index in [4.69, 9.17) is 5.84 Å². The summed E-state index contributed by atoms with van der Waals surface area (Å²) >= 11 is 0. The minimum absolute atomic E-state index is 0.155. The Morgan fingerprint density at radius 3 is 2.64 bits per heavy atom. The van der Waals surface area contributed by atoms with E-state index in [1.54, 1.807) is 6.20 Å². The van der Waals surface area contributed by atoms with Gasteiger partial charge in [-0.05, 0) is 62.3 Å². The summed E-state index contributed by atoms with van der Waals surface area (Å²) in [5, 5.41) is 12.4. The van der Waals surface area contributed by atoms with E-state index in [0.717, 1.165) is 66.6 Å². The zero-order valence-electron chi connectivity index (χ0n) is 19.2. The molecule has 0 atom stereocenters. The zero-order chi connectivity index (χ0) is 22.6. The van der Waals surface area contributed by atoms with Gasteiger partial charge in [-0.15, -0.1) is 0 Å². The van der Waals surface area contributed by atoms with Crippen LogP contribution in [0, 0.1) is 5.92 Å². The van der Waals surface area contributed by atoms with Crippen molar-refractivity contribution in [3.05, 3.63) is 47.8 Å². The van der Waals surface area contributed by atoms with Gasteiger partial charge in [0.25, 0.3) is 0 Å². The second kappa shape index (κ2) is 9.81. The molecule has 7 nitrogen and oxygen atoms in total. The summed E-state index contributed by atoms with van der Waals surface area (Å²) in [6, 6.07) is 10.6. The fraction of sp³-hybridized carbons (Fsp3) is 0.500. The molecule has 1 aromatic carbocycles. The van der Waals surface area contributed by atoms with E-state index in [1.807, 2.05) is 18.2 Å². The number of hydrogen-bond acceptors (Lipinski definition) is 5. The highest BCUT2D eigenvalue weighted by molar-refractivity contribution is 5.93. The Labute approximate surface area is 195 Å². The average Bonchev–Trinajstić information content (AvgIpc) is 3.48. The molecule has 0 saturated heterocycles. The molecule has 4 N–H and O–H groups in total. The lowest BCUT2D eigenvalue weighted by atomic mass is 9.95. The van der Waals surface area contributed by atoms with Gasteiger partial charge in [-0.25, -0.2) is 4.98 Å². The number of nitrogens with one attached hydrogen (secondary N) is 2. The third-order valence-corrected chi connectivity index (χ3v) is 7.21. The molecule has 7 heteroatoms. The fourth-order valence-electron chi connectivity index (χ4n) is 5.39. The van der Waals surface area contributed by atoms with Gasteiger partial charge >= 0.3 is 0 Å². The standard InChI is InChI=1S/C26H34N6O/c27-32-23-15-16-28-25(29-20-10-2-1-3-11-20)24(23)22(31-32)14-13-18-7-6-12-21(17-18)30-26(33)19-8-4-5-9-19/h6-7,12,15-17,19-20H,1-5,8-11,13-14,27H2,(H,28,29)(H,30,33). The van der Waals surface area contributed by atoms with Crippen molar-refractivity contribution >= 4 is 28.3 Å². The number of anilines is 2. The number of nitrogens with two attached hydrogens (primary N) is 1. The molecule has 0 spiro atoms. The van der Waals surface area contributed by atoms with Crippen molar-refractivity contribution in [2.24, 2.45) is 5.92 Å². The van der Waals surface area contributed by atoms with Gasteiger partial charge in [0.15, 0.2) is 0 Å². The van der Waals surface area contributed by atoms with Crippen molar-refractivity contribution in [2.45, 2.75) is 76.7 Å². The van der Waals surface area contributed by atoms with E-state index in [-0.39, 0.29) is 11.8 Å². The number of benzene rings is 1. The van der Waals surface area contributed by atoms with Gasteiger partial charge in [-0.1, -0.05) is 44.2 Å². The van der Waals surface area contributed by atoms with Gasteiger partial charge in [0, 0.05) is 23.8 Å². The Morgan fingerprint density at radius 2 is 1.82 bits per heavy atom. The number of pyridine rings is 1. The van der Waals surface area contributed by atoms with E-state index in [2.05, 4.69) is 32.8 Å². The fourth-order valence-corrected chi connectivity index (χ4v) is 5.39. The molecule has 2 aliphatic carbocycles. The van der Waals surface area contributed by atoms with Crippen molar-refractivity contribution < 1.29 is 4.79 Å². The molecule has 2 aliphatic rings. The number of carbonyl (C=O) groups excluding carboxylic acids is 1. The smallest absolute Gasteiger partial charge is 0.227 e. The van der Waals surface area contributed by atoms with Crippen LogP contribution in [0.3, 0.4) is 0 Å². The van der Waals surface area contributed by atoms with Crippen LogP contribution in [0.1, 0.15) is 69.0 Å². The SMILES string of the molecule is Nn1nc(CCc2cccc(NC(=O)C3CCCC3)c2)c2c(NC3CCCCC3)nccc21. The monoisotopic (exact) mass is 446 g/mol. The first-order valence-electron chi connectivity index (χ1n) is 12.5. The molecule has 3 aromatic rings. The molecule has 2 saturated carbocycles. The molecular formula is C26H34N6O. The summed E-state index contributed by atoms with van der Waals surface area (Å²) in [5.41, 5.74) is 3.90. The maximum absolute atomic E-state index is 12.5. The minimum atomic E-state index is 0.155. The summed E-state index contributed by atoms with van der Waals surface area (Å²) < 4.78 is 0. The van der Waals surface area contributed by atoms with Gasteiger partial charge in [-0.2, -0.15) is 9.89 Å². The largest absolute Gasteiger partial charge is 0.367 e. The van der Waals surface area contributed by atoms with Crippen molar-refractivity contribution in [1.29, 1.82) is 0 Å². The van der Waals surface area contributed by atoms with Gasteiger partial charge in [-0.3, -0.25) is 4.79 Å². The number of aromatic nitrogens is 3. The van der Waals surface area contributed by atoms with Crippen molar-refractivity contribution in [3.63, 3.8) is 0 Å². The molecule has 2 aromatic heterocycles. The van der Waals surface area contributed by atoms with Crippen molar-refractivity contribution in [2.75, 3.05) is 16.5 Å². The summed E-state index contributed by atoms with van der Waals surface area (Å²) in [6.07, 6.45) is 13.9. The zero-order valence-corrected chi connectivity index (χ0v) is 19.2. The second-order valence-electron chi connectivity index (χ2n) is 9.60. The first-order valence-corrected chi connectivity index (χ1v) is 12.5. The van der Waals surface area contributed by atoms with E-state index in [0.29, 0.717) is 6.04 Å². The Kier molecular flexibility index (Phi) is 6.46. The first-order chi connectivity index (χ1) is 16.2. The highest BCUT2D eigenvalue weighted by Crippen LogP contribution is 2.29. The lowest BCUT2D eigenvalue weighted by Crippen LogP contribution is -2.23. The van der Waals surface area contributed by atoms with Gasteiger partial charge in [0.2, 0.25) is 5.91 Å². The maximum atomic E-state index is 12.5. The lowest BCUT2D eigenvalue weighted by Gasteiger charge is -2.23. The van der Waals surface area contributed by atoms with Crippen LogP contribution < -0.4 is 16.5 Å². The molecule has 5 rings (SSSR count). The Hall–Kier alpha value is -3.09. The molecule has 0 aliphatic heterocycles. The van der Waals surface area contributed by atoms with Gasteiger partial charge < -0.3 is 16.5 Å². The van der Waals surface area contributed by atoms with Crippen molar-refractivity contribution in [3.8, 4) is 0 Å². The predicted octanol–water partition coefficient (Wildman–Crippen LogP) is 4.80. The lowest BCUT2D eigenvalue weighted by molar-refractivity contribution is -0.119. The number of amides is 1. The Balaban J connectivity index is 1.30. The number of nitrogens with zero attached hydrogens (tertiary/aromatic N) is 3. The van der Waals surface area contributed by atoms with Crippen LogP contribution in [0.25, 0.3) is 10.9 Å². The van der Waals surface area contributed by atoms with E-state index >= 15 is 0 Å². The number of rotatable bonds is 7. The molecule has 33 heavy (non-hydrogen) atoms. The Bertz CT molecular complexity index is 1110. The quantitative estimate of drug-likeness (QED) is 0.453. The minimum Gasteiger partial charge on any atom is -0.367 e. The molecule has 2 heterocycles. The van der Waals surface area contributed by atoms with Crippen LogP contribution in [-0.4, -0.2) is 26.8 Å². The molecule has 174 valence electrons. The van der Waals surface area contributed by atoms with Crippen LogP contribution in [0.15, 0.2) is 36.5 Å². The number of carbonyl (C=O) groups is 1. The number of nitrogen functional groups attached to an aromatic ring is 1. The summed E-state index contributed by atoms with van der Waals surface area (Å²) in [4.78, 5) is 18.6. The first kappa shape index (κ1) is 21.7. The molecule has 0 radical (unpaired) electrons. The molecule has 1 amide bonds. The van der Waals surface area contributed by atoms with E-state index < -0.39 is 0 Å². The normalized spacial score (nSPS) is 17.5. The van der Waals surface area contributed by atoms with E-state index in [9.17, 15) is 4.79 Å². The van der Waals surface area contributed by atoms with Crippen LogP contribution in [0.5, 0.6) is 0 Å². The molecule has 2 fully saturated rings. The number of hydrogen-bond donors (Lipinski definition) is 3. The third-order valence-electron chi connectivity index (χ3n) is 7.21. The van der Waals surface area contributed by atoms with Gasteiger partial charge in [0.05, 0.1) is 16.6 Å². The topological polar surface area (TPSA) is 97.9 Å². The van der Waals surface area contributed by atoms with Crippen LogP contribution in [-0.2, 0) is 17.6 Å². The summed E-state index contributed by atoms with van der Waals surface area (Å²) in [5.74, 6) is 7.40. The van der Waals surface area contributed by atoms with Crippen LogP contribution in [0.2, 0.25) is 0 Å². The average molecular weight is 447 g/mol. The summed E-state index contributed by atoms with van der Waals surface area (Å²) in [7, 11) is 0. The van der Waals surface area contributed by atoms with Crippen LogP contribution in [0.4, 0.5) is 11.5 Å². The van der Waals surface area contributed by atoms with Crippen molar-refractivity contribution in [1.82, 2.24) is 14.9 Å². The molecule has 0 unspecified atom stereocenters. The van der Waals surface area contributed by atoms with Gasteiger partial charge in [0.1, 0.15) is 5.82 Å². The highest BCUT2D eigenvalue weighted by atomic mass is 16.1. The third kappa shape index (κ3) is 4.97. The molecule has 0 bridgehead atoms. The Morgan fingerprint density at radius 1 is 1.03 bits per heavy atom. The van der Waals surface area contributed by atoms with E-state index in [1.165, 1.54) is 42.5 Å². The maximum Gasteiger partial charge on any atom is 0.227 e. The number of fused-ring (bicyclic) bond motifs is 1. The predicted molar refractivity (Wildman–Crippen MR) is 133 cm³/mol. The highest BCUT2D eigenvalue weighted by Gasteiger charge is 2.23. The number of aryl methyl sites for hydroxylation is 2. The molecular weight excluding hydrogens is 412 g/mol. The summed E-state index contributed by atoms with van der Waals surface area (Å²) in [6.45, 7) is 0. The van der Waals surface area contributed by atoms with Crippen LogP contribution >= 0.6 is 0 Å².